The third kappa shape index (κ3) is 2.23. The maximum absolute atomic E-state index is 10.6. The van der Waals surface area contributed by atoms with E-state index in [1.807, 2.05) is 0 Å². The van der Waals surface area contributed by atoms with Crippen LogP contribution in [0.15, 0.2) is 24.3 Å². The van der Waals surface area contributed by atoms with Crippen LogP contribution in [0.4, 0.5) is 0 Å². The van der Waals surface area contributed by atoms with E-state index in [4.69, 9.17) is 11.5 Å². The quantitative estimate of drug-likeness (QED) is 0.565. The molecule has 0 aliphatic heterocycles. The summed E-state index contributed by atoms with van der Waals surface area (Å²) < 4.78 is 0. The second-order valence-electron chi connectivity index (χ2n) is 2.50. The Bertz CT molecular complexity index is 230. The molecule has 0 unspecified atom stereocenters. The molecule has 0 aromatic rings. The first kappa shape index (κ1) is 10.4. The van der Waals surface area contributed by atoms with Crippen LogP contribution in [-0.2, 0) is 9.59 Å². The Balaban J connectivity index is 4.51. The molecule has 66 valence electrons. The second kappa shape index (κ2) is 3.71. The molecule has 0 heterocycles. The lowest BCUT2D eigenvalue weighted by Gasteiger charge is -2.11. The van der Waals surface area contributed by atoms with Crippen molar-refractivity contribution in [3.63, 3.8) is 0 Å². The number of carbonyl (C=O) groups is 2. The van der Waals surface area contributed by atoms with Crippen molar-refractivity contribution in [1.29, 1.82) is 0 Å². The highest BCUT2D eigenvalue weighted by molar-refractivity contribution is 5.98. The van der Waals surface area contributed by atoms with Crippen LogP contribution in [-0.4, -0.2) is 11.8 Å². The Labute approximate surface area is 70.9 Å². The Kier molecular flexibility index (Phi) is 3.22. The SMILES string of the molecule is C=C(C(N)=O)C(C)C(=C)C(N)=O. The molecule has 0 aliphatic carbocycles. The highest BCUT2D eigenvalue weighted by Crippen LogP contribution is 2.15. The van der Waals surface area contributed by atoms with Crippen LogP contribution in [0.2, 0.25) is 0 Å². The summed E-state index contributed by atoms with van der Waals surface area (Å²) in [5, 5.41) is 0. The summed E-state index contributed by atoms with van der Waals surface area (Å²) in [6.07, 6.45) is 0. The fourth-order valence-electron chi connectivity index (χ4n) is 0.637. The van der Waals surface area contributed by atoms with Crippen LogP contribution < -0.4 is 11.5 Å². The van der Waals surface area contributed by atoms with E-state index in [1.165, 1.54) is 0 Å². The van der Waals surface area contributed by atoms with Gasteiger partial charge in [-0.3, -0.25) is 9.59 Å². The molecule has 0 aromatic heterocycles. The first-order chi connectivity index (χ1) is 5.37. The molecular weight excluding hydrogens is 156 g/mol. The largest absolute Gasteiger partial charge is 0.366 e. The topological polar surface area (TPSA) is 86.2 Å². The zero-order valence-electron chi connectivity index (χ0n) is 6.96. The van der Waals surface area contributed by atoms with E-state index in [1.54, 1.807) is 6.92 Å². The number of hydrogen-bond acceptors (Lipinski definition) is 2. The van der Waals surface area contributed by atoms with E-state index in [0.29, 0.717) is 0 Å². The van der Waals surface area contributed by atoms with Crippen molar-refractivity contribution in [1.82, 2.24) is 0 Å². The molecule has 4 N–H and O–H groups in total. The molecule has 12 heavy (non-hydrogen) atoms. The van der Waals surface area contributed by atoms with Crippen molar-refractivity contribution in [3.05, 3.63) is 24.3 Å². The predicted octanol–water partition coefficient (Wildman–Crippen LogP) is -0.294. The van der Waals surface area contributed by atoms with Crippen molar-refractivity contribution < 1.29 is 9.59 Å². The van der Waals surface area contributed by atoms with Gasteiger partial charge in [0.25, 0.3) is 0 Å². The zero-order valence-corrected chi connectivity index (χ0v) is 6.96. The lowest BCUT2D eigenvalue weighted by Crippen LogP contribution is -2.24. The Hall–Kier alpha value is -1.58. The lowest BCUT2D eigenvalue weighted by molar-refractivity contribution is -0.115. The Morgan fingerprint density at radius 1 is 1.08 bits per heavy atom. The molecule has 4 nitrogen and oxygen atoms in total. The van der Waals surface area contributed by atoms with Gasteiger partial charge in [-0.05, 0) is 0 Å². The zero-order chi connectivity index (χ0) is 9.89. The van der Waals surface area contributed by atoms with Crippen molar-refractivity contribution in [3.8, 4) is 0 Å². The summed E-state index contributed by atoms with van der Waals surface area (Å²) in [7, 11) is 0. The minimum atomic E-state index is -0.648. The lowest BCUT2D eigenvalue weighted by atomic mass is 9.94. The van der Waals surface area contributed by atoms with Gasteiger partial charge in [0.05, 0.1) is 0 Å². The molecule has 0 atom stereocenters. The maximum atomic E-state index is 10.6. The standard InChI is InChI=1S/C8H12N2O2/c1-4(5(2)7(9)11)6(3)8(10)12/h4H,2-3H2,1H3,(H2,9,11)(H2,10,12). The number of nitrogens with two attached hydrogens (primary N) is 2. The highest BCUT2D eigenvalue weighted by Gasteiger charge is 2.17. The van der Waals surface area contributed by atoms with Crippen molar-refractivity contribution in [2.24, 2.45) is 17.4 Å². The number of hydrogen-bond donors (Lipinski definition) is 2. The molecule has 2 amide bonds. The van der Waals surface area contributed by atoms with Gasteiger partial charge in [-0.2, -0.15) is 0 Å². The van der Waals surface area contributed by atoms with Gasteiger partial charge in [0.2, 0.25) is 11.8 Å². The molecular formula is C8H12N2O2. The van der Waals surface area contributed by atoms with Crippen LogP contribution in [0.1, 0.15) is 6.92 Å². The van der Waals surface area contributed by atoms with Gasteiger partial charge >= 0.3 is 0 Å². The summed E-state index contributed by atoms with van der Waals surface area (Å²) in [6.45, 7) is 8.43. The molecule has 0 bridgehead atoms. The van der Waals surface area contributed by atoms with E-state index >= 15 is 0 Å². The van der Waals surface area contributed by atoms with Gasteiger partial charge in [-0.25, -0.2) is 0 Å². The number of primary amides is 2. The Morgan fingerprint density at radius 3 is 1.50 bits per heavy atom. The van der Waals surface area contributed by atoms with Gasteiger partial charge in [0.15, 0.2) is 0 Å². The van der Waals surface area contributed by atoms with E-state index in [9.17, 15) is 9.59 Å². The molecule has 0 aromatic carbocycles. The van der Waals surface area contributed by atoms with Crippen LogP contribution in [0, 0.1) is 5.92 Å². The molecule has 0 spiro atoms. The van der Waals surface area contributed by atoms with Gasteiger partial charge in [-0.1, -0.05) is 20.1 Å². The third-order valence-electron chi connectivity index (χ3n) is 1.68. The molecule has 0 radical (unpaired) electrons. The Morgan fingerprint density at radius 2 is 1.33 bits per heavy atom. The molecule has 0 fully saturated rings. The van der Waals surface area contributed by atoms with Crippen LogP contribution in [0.5, 0.6) is 0 Å². The van der Waals surface area contributed by atoms with E-state index < -0.39 is 17.7 Å². The van der Waals surface area contributed by atoms with Crippen LogP contribution in [0.25, 0.3) is 0 Å². The predicted molar refractivity (Wildman–Crippen MR) is 45.8 cm³/mol. The summed E-state index contributed by atoms with van der Waals surface area (Å²) >= 11 is 0. The second-order valence-corrected chi connectivity index (χ2v) is 2.50. The summed E-state index contributed by atoms with van der Waals surface area (Å²) in [4.78, 5) is 21.2. The van der Waals surface area contributed by atoms with E-state index in [-0.39, 0.29) is 11.1 Å². The fourth-order valence-corrected chi connectivity index (χ4v) is 0.637. The van der Waals surface area contributed by atoms with Crippen molar-refractivity contribution >= 4 is 11.8 Å². The molecule has 0 aliphatic rings. The van der Waals surface area contributed by atoms with Crippen molar-refractivity contribution in [2.45, 2.75) is 6.92 Å². The van der Waals surface area contributed by atoms with Crippen LogP contribution >= 0.6 is 0 Å². The average molecular weight is 168 g/mol. The smallest absolute Gasteiger partial charge is 0.244 e. The van der Waals surface area contributed by atoms with E-state index in [2.05, 4.69) is 13.2 Å². The van der Waals surface area contributed by atoms with E-state index in [0.717, 1.165) is 0 Å². The maximum Gasteiger partial charge on any atom is 0.244 e. The molecule has 0 rings (SSSR count). The minimum Gasteiger partial charge on any atom is -0.366 e. The monoisotopic (exact) mass is 168 g/mol. The summed E-state index contributed by atoms with van der Waals surface area (Å²) in [6, 6.07) is 0. The first-order valence-electron chi connectivity index (χ1n) is 3.35. The molecule has 0 saturated carbocycles. The fraction of sp³-hybridized carbons (Fsp3) is 0.250. The van der Waals surface area contributed by atoms with Gasteiger partial charge < -0.3 is 11.5 Å². The van der Waals surface area contributed by atoms with Crippen molar-refractivity contribution in [2.75, 3.05) is 0 Å². The molecule has 0 saturated heterocycles. The highest BCUT2D eigenvalue weighted by atomic mass is 16.1. The van der Waals surface area contributed by atoms with Gasteiger partial charge in [-0.15, -0.1) is 0 Å². The third-order valence-corrected chi connectivity index (χ3v) is 1.68. The van der Waals surface area contributed by atoms with Gasteiger partial charge in [0, 0.05) is 17.1 Å². The number of rotatable bonds is 4. The number of carbonyl (C=O) groups excluding carboxylic acids is 2. The van der Waals surface area contributed by atoms with Gasteiger partial charge in [0.1, 0.15) is 0 Å². The summed E-state index contributed by atoms with van der Waals surface area (Å²) in [5.41, 5.74) is 10.2. The van der Waals surface area contributed by atoms with Crippen LogP contribution in [0.3, 0.4) is 0 Å². The number of amides is 2. The molecule has 4 heteroatoms. The minimum absolute atomic E-state index is 0.138. The normalized spacial score (nSPS) is 9.50. The average Bonchev–Trinajstić information content (AvgIpc) is 2.00. The first-order valence-corrected chi connectivity index (χ1v) is 3.35. The summed E-state index contributed by atoms with van der Waals surface area (Å²) in [5.74, 6) is -1.78.